The molecule has 0 aliphatic carbocycles. The number of carbonyl (C=O) groups is 1. The van der Waals surface area contributed by atoms with Gasteiger partial charge in [-0.25, -0.2) is 4.99 Å². The Hall–Kier alpha value is -3.37. The summed E-state index contributed by atoms with van der Waals surface area (Å²) >= 11 is 1.46. The van der Waals surface area contributed by atoms with Crippen molar-refractivity contribution in [1.82, 2.24) is 4.90 Å². The van der Waals surface area contributed by atoms with Gasteiger partial charge in [0, 0.05) is 6.54 Å². The van der Waals surface area contributed by atoms with E-state index in [1.807, 2.05) is 36.4 Å². The number of aliphatic imine (C=N–C) groups is 1. The maximum Gasteiger partial charge on any atom is 0.266 e. The summed E-state index contributed by atoms with van der Waals surface area (Å²) in [6.07, 6.45) is 2.93. The number of rotatable bonds is 4. The summed E-state index contributed by atoms with van der Waals surface area (Å²) in [6.45, 7) is 2.74. The van der Waals surface area contributed by atoms with Gasteiger partial charge in [-0.15, -0.1) is 0 Å². The predicted molar refractivity (Wildman–Crippen MR) is 133 cm³/mol. The smallest absolute Gasteiger partial charge is 0.266 e. The molecule has 4 aromatic carbocycles. The van der Waals surface area contributed by atoms with Crippen LogP contribution in [0.25, 0.3) is 27.6 Å². The van der Waals surface area contributed by atoms with Gasteiger partial charge >= 0.3 is 0 Å². The first-order chi connectivity index (χ1) is 15.2. The van der Waals surface area contributed by atoms with E-state index in [0.717, 1.165) is 33.6 Å². The lowest BCUT2D eigenvalue weighted by molar-refractivity contribution is -0.122. The van der Waals surface area contributed by atoms with Gasteiger partial charge < -0.3 is 0 Å². The van der Waals surface area contributed by atoms with Crippen molar-refractivity contribution >= 4 is 56.1 Å². The van der Waals surface area contributed by atoms with Crippen molar-refractivity contribution in [3.63, 3.8) is 0 Å². The highest BCUT2D eigenvalue weighted by molar-refractivity contribution is 8.18. The quantitative estimate of drug-likeness (QED) is 0.262. The van der Waals surface area contributed by atoms with Crippen LogP contribution in [0.15, 0.2) is 94.8 Å². The lowest BCUT2D eigenvalue weighted by atomic mass is 9.96. The van der Waals surface area contributed by atoms with Gasteiger partial charge in [0.1, 0.15) is 0 Å². The van der Waals surface area contributed by atoms with Crippen molar-refractivity contribution in [1.29, 1.82) is 0 Å². The lowest BCUT2D eigenvalue weighted by Gasteiger charge is -2.14. The van der Waals surface area contributed by atoms with Crippen molar-refractivity contribution in [2.24, 2.45) is 4.99 Å². The minimum absolute atomic E-state index is 0.0264. The molecular weight excluding hydrogens is 400 g/mol. The highest BCUT2D eigenvalue weighted by atomic mass is 32.2. The van der Waals surface area contributed by atoms with Gasteiger partial charge in [-0.1, -0.05) is 73.7 Å². The number of amides is 1. The summed E-state index contributed by atoms with van der Waals surface area (Å²) in [7, 11) is 0. The molecule has 0 atom stereocenters. The fourth-order valence-corrected chi connectivity index (χ4v) is 4.97. The third-order valence-corrected chi connectivity index (χ3v) is 6.41. The Kier molecular flexibility index (Phi) is 5.31. The molecule has 0 N–H and O–H groups in total. The van der Waals surface area contributed by atoms with Crippen molar-refractivity contribution < 1.29 is 4.79 Å². The van der Waals surface area contributed by atoms with Gasteiger partial charge in [0.05, 0.1) is 10.6 Å². The Morgan fingerprint density at radius 2 is 1.48 bits per heavy atom. The molecule has 0 bridgehead atoms. The molecule has 3 nitrogen and oxygen atoms in total. The molecule has 5 rings (SSSR count). The van der Waals surface area contributed by atoms with Crippen LogP contribution in [-0.4, -0.2) is 22.5 Å². The Labute approximate surface area is 186 Å². The van der Waals surface area contributed by atoms with Crippen LogP contribution in [0.4, 0.5) is 5.69 Å². The first-order valence-electron chi connectivity index (χ1n) is 10.5. The number of hydrogen-bond donors (Lipinski definition) is 0. The zero-order chi connectivity index (χ0) is 21.2. The van der Waals surface area contributed by atoms with E-state index in [4.69, 9.17) is 4.99 Å². The van der Waals surface area contributed by atoms with E-state index in [1.165, 1.54) is 22.5 Å². The van der Waals surface area contributed by atoms with E-state index in [1.54, 1.807) is 4.90 Å². The van der Waals surface area contributed by atoms with E-state index in [0.29, 0.717) is 11.4 Å². The van der Waals surface area contributed by atoms with Crippen LogP contribution in [0.1, 0.15) is 18.9 Å². The molecular formula is C27H22N2OS. The van der Waals surface area contributed by atoms with Crippen molar-refractivity contribution in [3.05, 3.63) is 95.4 Å². The largest absolute Gasteiger partial charge is 0.286 e. The molecule has 4 aromatic rings. The van der Waals surface area contributed by atoms with E-state index < -0.39 is 0 Å². The number of fused-ring (bicyclic) bond motifs is 2. The number of benzene rings is 4. The van der Waals surface area contributed by atoms with Crippen LogP contribution < -0.4 is 0 Å². The summed E-state index contributed by atoms with van der Waals surface area (Å²) in [5.74, 6) is 0.0264. The van der Waals surface area contributed by atoms with Crippen molar-refractivity contribution in [2.75, 3.05) is 6.54 Å². The van der Waals surface area contributed by atoms with Gasteiger partial charge in [-0.05, 0) is 69.6 Å². The van der Waals surface area contributed by atoms with E-state index in [9.17, 15) is 4.79 Å². The van der Waals surface area contributed by atoms with Crippen LogP contribution >= 0.6 is 11.8 Å². The minimum atomic E-state index is 0.0264. The van der Waals surface area contributed by atoms with Crippen LogP contribution in [0.2, 0.25) is 0 Å². The monoisotopic (exact) mass is 422 g/mol. The van der Waals surface area contributed by atoms with Crippen molar-refractivity contribution in [3.8, 4) is 0 Å². The van der Waals surface area contributed by atoms with Gasteiger partial charge in [-0.2, -0.15) is 0 Å². The SMILES string of the molecule is CCCN1C(=O)/C(=C\c2c3ccccc3cc3ccccc23)SC1=Nc1ccccc1. The average molecular weight is 423 g/mol. The summed E-state index contributed by atoms with van der Waals surface area (Å²) in [5.41, 5.74) is 1.94. The second kappa shape index (κ2) is 8.40. The first kappa shape index (κ1) is 19.6. The highest BCUT2D eigenvalue weighted by Crippen LogP contribution is 2.37. The molecule has 0 aromatic heterocycles. The van der Waals surface area contributed by atoms with Crippen LogP contribution in [0.3, 0.4) is 0 Å². The van der Waals surface area contributed by atoms with Crippen LogP contribution in [-0.2, 0) is 4.79 Å². The van der Waals surface area contributed by atoms with E-state index >= 15 is 0 Å². The van der Waals surface area contributed by atoms with Crippen LogP contribution in [0.5, 0.6) is 0 Å². The Morgan fingerprint density at radius 1 is 0.871 bits per heavy atom. The molecule has 0 unspecified atom stereocenters. The Balaban J connectivity index is 1.66. The zero-order valence-corrected chi connectivity index (χ0v) is 18.1. The van der Waals surface area contributed by atoms with Gasteiger partial charge in [-0.3, -0.25) is 9.69 Å². The molecule has 1 amide bonds. The molecule has 0 saturated carbocycles. The summed E-state index contributed by atoms with van der Waals surface area (Å²) in [5, 5.41) is 5.39. The third-order valence-electron chi connectivity index (χ3n) is 5.40. The van der Waals surface area contributed by atoms with Gasteiger partial charge in [0.2, 0.25) is 0 Å². The lowest BCUT2D eigenvalue weighted by Crippen LogP contribution is -2.29. The normalized spacial score (nSPS) is 16.8. The summed E-state index contributed by atoms with van der Waals surface area (Å²) in [6, 6.07) is 28.7. The fraction of sp³-hybridized carbons (Fsp3) is 0.111. The summed E-state index contributed by atoms with van der Waals surface area (Å²) in [4.78, 5) is 20.6. The standard InChI is InChI=1S/C27H22N2OS/c1-2-16-29-26(30)25(31-27(29)28-21-12-4-3-5-13-21)18-24-22-14-8-6-10-19(22)17-20-11-7-9-15-23(20)24/h3-15,17-18H,2,16H2,1H3/b25-18+,28-27?. The number of carbonyl (C=O) groups excluding carboxylic acids is 1. The molecule has 1 fully saturated rings. The number of hydrogen-bond acceptors (Lipinski definition) is 3. The number of para-hydroxylation sites is 1. The third kappa shape index (κ3) is 3.75. The average Bonchev–Trinajstić information content (AvgIpc) is 3.09. The highest BCUT2D eigenvalue weighted by Gasteiger charge is 2.33. The Morgan fingerprint density at radius 3 is 2.13 bits per heavy atom. The number of nitrogens with zero attached hydrogens (tertiary/aromatic N) is 2. The molecule has 4 heteroatoms. The van der Waals surface area contributed by atoms with E-state index in [-0.39, 0.29) is 5.91 Å². The molecule has 0 radical (unpaired) electrons. The second-order valence-electron chi connectivity index (χ2n) is 7.53. The Bertz CT molecular complexity index is 1290. The molecule has 152 valence electrons. The maximum atomic E-state index is 13.3. The minimum Gasteiger partial charge on any atom is -0.286 e. The second-order valence-corrected chi connectivity index (χ2v) is 8.54. The van der Waals surface area contributed by atoms with Crippen molar-refractivity contribution in [2.45, 2.75) is 13.3 Å². The molecule has 31 heavy (non-hydrogen) atoms. The van der Waals surface area contributed by atoms with Crippen LogP contribution in [0, 0.1) is 0 Å². The molecule has 1 aliphatic rings. The molecule has 0 spiro atoms. The zero-order valence-electron chi connectivity index (χ0n) is 17.3. The number of thioether (sulfide) groups is 1. The summed E-state index contributed by atoms with van der Waals surface area (Å²) < 4.78 is 0. The molecule has 1 aliphatic heterocycles. The number of amidine groups is 1. The van der Waals surface area contributed by atoms with E-state index in [2.05, 4.69) is 61.5 Å². The molecule has 1 saturated heterocycles. The molecule has 1 heterocycles. The fourth-order valence-electron chi connectivity index (χ4n) is 3.96. The van der Waals surface area contributed by atoms with Gasteiger partial charge in [0.25, 0.3) is 5.91 Å². The maximum absolute atomic E-state index is 13.3. The predicted octanol–water partition coefficient (Wildman–Crippen LogP) is 7.01. The first-order valence-corrected chi connectivity index (χ1v) is 11.3. The van der Waals surface area contributed by atoms with Gasteiger partial charge in [0.15, 0.2) is 5.17 Å². The topological polar surface area (TPSA) is 32.7 Å².